The number of hydrazone groups is 1. The number of nitrogens with one attached hydrogen (secondary N) is 1. The molecular formula is C22H18FN5O4. The first-order valence-corrected chi connectivity index (χ1v) is 9.31. The molecule has 0 aliphatic carbocycles. The average molecular weight is 435 g/mol. The monoisotopic (exact) mass is 435 g/mol. The van der Waals surface area contributed by atoms with E-state index in [9.17, 15) is 19.3 Å². The number of hydrogen-bond donors (Lipinski definition) is 1. The minimum absolute atomic E-state index is 0.0996. The molecule has 1 amide bonds. The molecule has 10 heteroatoms. The minimum Gasteiger partial charge on any atom is -0.496 e. The molecule has 0 bridgehead atoms. The molecule has 0 saturated heterocycles. The Morgan fingerprint density at radius 1 is 1.28 bits per heavy atom. The number of rotatable bonds is 6. The van der Waals surface area contributed by atoms with Crippen LogP contribution in [-0.4, -0.2) is 28.7 Å². The van der Waals surface area contributed by atoms with Gasteiger partial charge in [-0.25, -0.2) is 9.82 Å². The van der Waals surface area contributed by atoms with Crippen LogP contribution in [0.3, 0.4) is 0 Å². The molecule has 0 radical (unpaired) electrons. The largest absolute Gasteiger partial charge is 0.496 e. The summed E-state index contributed by atoms with van der Waals surface area (Å²) < 4.78 is 20.7. The number of aromatic nitrogens is 1. The maximum atomic E-state index is 14.0. The second-order valence-electron chi connectivity index (χ2n) is 6.78. The highest BCUT2D eigenvalue weighted by atomic mass is 19.1. The smallest absolute Gasteiger partial charge is 0.296 e. The highest BCUT2D eigenvalue weighted by molar-refractivity contribution is 5.95. The van der Waals surface area contributed by atoms with E-state index in [1.807, 2.05) is 0 Å². The van der Waals surface area contributed by atoms with Crippen molar-refractivity contribution < 1.29 is 18.8 Å². The van der Waals surface area contributed by atoms with Crippen molar-refractivity contribution in [2.45, 2.75) is 13.8 Å². The van der Waals surface area contributed by atoms with Crippen LogP contribution in [0.1, 0.15) is 32.9 Å². The summed E-state index contributed by atoms with van der Waals surface area (Å²) in [4.78, 5) is 23.2. The fraction of sp³-hybridized carbons (Fsp3) is 0.136. The lowest BCUT2D eigenvalue weighted by atomic mass is 10.1. The molecule has 0 fully saturated rings. The molecule has 32 heavy (non-hydrogen) atoms. The molecule has 0 unspecified atom stereocenters. The third kappa shape index (κ3) is 4.32. The Kier molecular flexibility index (Phi) is 6.30. The molecule has 1 N–H and O–H groups in total. The van der Waals surface area contributed by atoms with Gasteiger partial charge in [-0.05, 0) is 50.2 Å². The van der Waals surface area contributed by atoms with Gasteiger partial charge in [0.05, 0.1) is 41.5 Å². The maximum Gasteiger partial charge on any atom is 0.296 e. The summed E-state index contributed by atoms with van der Waals surface area (Å²) in [6.45, 7) is 3.54. The zero-order valence-corrected chi connectivity index (χ0v) is 17.4. The van der Waals surface area contributed by atoms with Gasteiger partial charge >= 0.3 is 0 Å². The highest BCUT2D eigenvalue weighted by Crippen LogP contribution is 2.31. The number of nitriles is 1. The Bertz CT molecular complexity index is 1290. The molecule has 3 aromatic rings. The van der Waals surface area contributed by atoms with Crippen molar-refractivity contribution in [2.24, 2.45) is 5.10 Å². The van der Waals surface area contributed by atoms with Crippen LogP contribution in [-0.2, 0) is 0 Å². The highest BCUT2D eigenvalue weighted by Gasteiger charge is 2.20. The Morgan fingerprint density at radius 3 is 2.66 bits per heavy atom. The van der Waals surface area contributed by atoms with Gasteiger partial charge in [0, 0.05) is 17.0 Å². The minimum atomic E-state index is -0.832. The SMILES string of the molecule is COc1ccc(-n2c(C)cc(C=NNC(=O)c3ccc(C#N)cc3F)c2C)c([N+](=O)[O-])c1. The molecule has 0 aliphatic rings. The number of methoxy groups -OCH3 is 1. The fourth-order valence-corrected chi connectivity index (χ4v) is 3.24. The van der Waals surface area contributed by atoms with Crippen molar-refractivity contribution in [2.75, 3.05) is 7.11 Å². The number of hydrogen-bond acceptors (Lipinski definition) is 6. The number of nitrogens with zero attached hydrogens (tertiary/aromatic N) is 4. The van der Waals surface area contributed by atoms with Gasteiger partial charge in [-0.3, -0.25) is 14.9 Å². The summed E-state index contributed by atoms with van der Waals surface area (Å²) in [5.74, 6) is -1.24. The quantitative estimate of drug-likeness (QED) is 0.359. The predicted molar refractivity (Wildman–Crippen MR) is 115 cm³/mol. The number of nitro benzene ring substituents is 1. The molecule has 0 aliphatic heterocycles. The summed E-state index contributed by atoms with van der Waals surface area (Å²) in [7, 11) is 1.43. The predicted octanol–water partition coefficient (Wildman–Crippen LogP) is 3.79. The normalized spacial score (nSPS) is 10.7. The van der Waals surface area contributed by atoms with Crippen molar-refractivity contribution in [1.29, 1.82) is 5.26 Å². The van der Waals surface area contributed by atoms with Crippen LogP contribution < -0.4 is 10.2 Å². The lowest BCUT2D eigenvalue weighted by Gasteiger charge is -2.11. The van der Waals surface area contributed by atoms with Gasteiger partial charge in [-0.1, -0.05) is 0 Å². The van der Waals surface area contributed by atoms with Gasteiger partial charge in [0.2, 0.25) is 0 Å². The number of carbonyl (C=O) groups is 1. The number of carbonyl (C=O) groups excluding carboxylic acids is 1. The Morgan fingerprint density at radius 2 is 2.03 bits per heavy atom. The first-order valence-electron chi connectivity index (χ1n) is 9.31. The number of benzene rings is 2. The van der Waals surface area contributed by atoms with Crippen molar-refractivity contribution in [1.82, 2.24) is 9.99 Å². The van der Waals surface area contributed by atoms with Crippen molar-refractivity contribution in [3.05, 3.63) is 86.5 Å². The van der Waals surface area contributed by atoms with Gasteiger partial charge < -0.3 is 9.30 Å². The van der Waals surface area contributed by atoms with Crippen LogP contribution >= 0.6 is 0 Å². The van der Waals surface area contributed by atoms with Gasteiger partial charge in [-0.2, -0.15) is 10.4 Å². The first-order chi connectivity index (χ1) is 15.3. The maximum absolute atomic E-state index is 14.0. The zero-order valence-electron chi connectivity index (χ0n) is 17.4. The van der Waals surface area contributed by atoms with Crippen LogP contribution in [0.15, 0.2) is 47.6 Å². The first kappa shape index (κ1) is 22.2. The lowest BCUT2D eigenvalue weighted by Crippen LogP contribution is -2.19. The summed E-state index contributed by atoms with van der Waals surface area (Å²) in [6.07, 6.45) is 1.37. The summed E-state index contributed by atoms with van der Waals surface area (Å²) in [5, 5.41) is 24.2. The second-order valence-corrected chi connectivity index (χ2v) is 6.78. The van der Waals surface area contributed by atoms with Crippen LogP contribution in [0.5, 0.6) is 5.75 Å². The van der Waals surface area contributed by atoms with Crippen molar-refractivity contribution >= 4 is 17.8 Å². The number of aryl methyl sites for hydroxylation is 1. The molecular weight excluding hydrogens is 417 g/mol. The van der Waals surface area contributed by atoms with Gasteiger partial charge in [-0.15, -0.1) is 0 Å². The van der Waals surface area contributed by atoms with Crippen molar-refractivity contribution in [3.8, 4) is 17.5 Å². The standard InChI is InChI=1S/C22H18FN5O4/c1-13-8-16(12-25-26-22(29)18-6-4-15(11-24)9-19(18)23)14(2)27(13)20-7-5-17(32-3)10-21(20)28(30)31/h4-10,12H,1-3H3,(H,26,29). The van der Waals surface area contributed by atoms with E-state index in [0.717, 1.165) is 6.07 Å². The van der Waals surface area contributed by atoms with E-state index in [-0.39, 0.29) is 16.8 Å². The van der Waals surface area contributed by atoms with Crippen LogP contribution in [0.2, 0.25) is 0 Å². The van der Waals surface area contributed by atoms with E-state index in [4.69, 9.17) is 10.00 Å². The Hall–Kier alpha value is -4.52. The summed E-state index contributed by atoms with van der Waals surface area (Å²) in [5.41, 5.74) is 4.29. The lowest BCUT2D eigenvalue weighted by molar-refractivity contribution is -0.384. The molecule has 2 aromatic carbocycles. The summed E-state index contributed by atoms with van der Waals surface area (Å²) >= 11 is 0. The van der Waals surface area contributed by atoms with E-state index >= 15 is 0 Å². The van der Waals surface area contributed by atoms with Gasteiger partial charge in [0.25, 0.3) is 11.6 Å². The van der Waals surface area contributed by atoms with E-state index in [1.54, 1.807) is 42.7 Å². The third-order valence-corrected chi connectivity index (χ3v) is 4.80. The molecule has 0 saturated carbocycles. The van der Waals surface area contributed by atoms with Crippen LogP contribution in [0.4, 0.5) is 10.1 Å². The Labute approximate surface area is 182 Å². The molecule has 3 rings (SSSR count). The molecule has 1 aromatic heterocycles. The molecule has 0 atom stereocenters. The van der Waals surface area contributed by atoms with E-state index < -0.39 is 16.6 Å². The zero-order chi connectivity index (χ0) is 23.4. The van der Waals surface area contributed by atoms with Gasteiger partial charge in [0.15, 0.2) is 0 Å². The summed E-state index contributed by atoms with van der Waals surface area (Å²) in [6, 6.07) is 11.6. The number of amides is 1. The Balaban J connectivity index is 1.87. The van der Waals surface area contributed by atoms with Gasteiger partial charge in [0.1, 0.15) is 17.3 Å². The van der Waals surface area contributed by atoms with E-state index in [1.165, 1.54) is 31.5 Å². The molecule has 1 heterocycles. The number of ether oxygens (including phenoxy) is 1. The molecule has 162 valence electrons. The average Bonchev–Trinajstić information content (AvgIpc) is 3.05. The second kappa shape index (κ2) is 9.09. The van der Waals surface area contributed by atoms with E-state index in [0.29, 0.717) is 28.4 Å². The van der Waals surface area contributed by atoms with Crippen molar-refractivity contribution in [3.63, 3.8) is 0 Å². The fourth-order valence-electron chi connectivity index (χ4n) is 3.24. The molecule has 0 spiro atoms. The number of halogens is 1. The topological polar surface area (TPSA) is 123 Å². The molecule has 9 nitrogen and oxygen atoms in total. The van der Waals surface area contributed by atoms with Crippen LogP contribution in [0, 0.1) is 41.1 Å². The number of nitro groups is 1. The third-order valence-electron chi connectivity index (χ3n) is 4.80. The van der Waals surface area contributed by atoms with E-state index in [2.05, 4.69) is 10.5 Å². The van der Waals surface area contributed by atoms with Crippen LogP contribution in [0.25, 0.3) is 5.69 Å².